The number of nitrogens with one attached hydrogen (secondary N) is 2. The molecule has 2 heterocycles. The summed E-state index contributed by atoms with van der Waals surface area (Å²) in [4.78, 5) is 27.6. The maximum Gasteiger partial charge on any atom is 0.226 e. The highest BCUT2D eigenvalue weighted by Gasteiger charge is 2.39. The van der Waals surface area contributed by atoms with Crippen molar-refractivity contribution in [3.8, 4) is 0 Å². The van der Waals surface area contributed by atoms with Gasteiger partial charge in [0.05, 0.1) is 0 Å². The number of halogens is 1. The Balaban J connectivity index is 0.00000208. The minimum atomic E-state index is -0.109. The second-order valence-electron chi connectivity index (χ2n) is 7.61. The summed E-state index contributed by atoms with van der Waals surface area (Å²) in [6, 6.07) is 0.727. The van der Waals surface area contributed by atoms with Gasteiger partial charge in [-0.15, -0.1) is 12.4 Å². The van der Waals surface area contributed by atoms with E-state index in [1.165, 1.54) is 0 Å². The molecule has 3 rings (SSSR count). The summed E-state index contributed by atoms with van der Waals surface area (Å²) in [7, 11) is 0. The van der Waals surface area contributed by atoms with Crippen molar-refractivity contribution in [2.24, 2.45) is 11.8 Å². The molecule has 2 saturated heterocycles. The lowest BCUT2D eigenvalue weighted by Crippen LogP contribution is -2.50. The monoisotopic (exact) mass is 357 g/mol. The molecule has 6 heteroatoms. The molecule has 1 saturated carbocycles. The van der Waals surface area contributed by atoms with Crippen LogP contribution in [0.25, 0.3) is 0 Å². The van der Waals surface area contributed by atoms with Crippen molar-refractivity contribution in [2.45, 2.75) is 70.4 Å². The molecule has 4 atom stereocenters. The van der Waals surface area contributed by atoms with E-state index in [0.717, 1.165) is 71.0 Å². The molecule has 2 N–H and O–H groups in total. The van der Waals surface area contributed by atoms with E-state index in [1.54, 1.807) is 0 Å². The zero-order valence-electron chi connectivity index (χ0n) is 14.8. The predicted molar refractivity (Wildman–Crippen MR) is 97.1 cm³/mol. The molecule has 138 valence electrons. The fourth-order valence-corrected chi connectivity index (χ4v) is 4.48. The molecule has 3 fully saturated rings. The van der Waals surface area contributed by atoms with Gasteiger partial charge in [-0.05, 0) is 52.0 Å². The lowest BCUT2D eigenvalue weighted by atomic mass is 9.77. The zero-order valence-corrected chi connectivity index (χ0v) is 15.6. The number of amides is 2. The Morgan fingerprint density at radius 3 is 2.33 bits per heavy atom. The quantitative estimate of drug-likeness (QED) is 0.813. The maximum absolute atomic E-state index is 12.8. The van der Waals surface area contributed by atoms with E-state index in [1.807, 2.05) is 4.90 Å². The second kappa shape index (κ2) is 9.04. The third-order valence-electron chi connectivity index (χ3n) is 5.81. The topological polar surface area (TPSA) is 61.4 Å². The van der Waals surface area contributed by atoms with E-state index >= 15 is 0 Å². The average Bonchev–Trinajstić information content (AvgIpc) is 3.08. The summed E-state index contributed by atoms with van der Waals surface area (Å²) in [6.45, 7) is 4.90. The van der Waals surface area contributed by atoms with Crippen LogP contribution in [0.2, 0.25) is 0 Å². The molecular weight excluding hydrogens is 326 g/mol. The minimum Gasteiger partial charge on any atom is -0.353 e. The normalized spacial score (nSPS) is 33.6. The van der Waals surface area contributed by atoms with Crippen LogP contribution in [0.4, 0.5) is 0 Å². The minimum absolute atomic E-state index is 0. The highest BCUT2D eigenvalue weighted by atomic mass is 35.5. The number of carbonyl (C=O) groups is 2. The van der Waals surface area contributed by atoms with Crippen LogP contribution in [0, 0.1) is 11.8 Å². The van der Waals surface area contributed by atoms with Gasteiger partial charge in [0.25, 0.3) is 0 Å². The summed E-state index contributed by atoms with van der Waals surface area (Å²) in [6.07, 6.45) is 8.12. The van der Waals surface area contributed by atoms with Crippen LogP contribution in [-0.4, -0.2) is 48.4 Å². The Bertz CT molecular complexity index is 440. The number of hydrogen-bond acceptors (Lipinski definition) is 3. The first-order valence-corrected chi connectivity index (χ1v) is 9.47. The van der Waals surface area contributed by atoms with E-state index in [-0.39, 0.29) is 42.1 Å². The van der Waals surface area contributed by atoms with E-state index in [2.05, 4.69) is 17.6 Å². The van der Waals surface area contributed by atoms with Gasteiger partial charge >= 0.3 is 0 Å². The van der Waals surface area contributed by atoms with Crippen molar-refractivity contribution in [1.29, 1.82) is 0 Å². The number of nitrogens with zero attached hydrogens (tertiary/aromatic N) is 1. The van der Waals surface area contributed by atoms with Gasteiger partial charge in [0.1, 0.15) is 0 Å². The van der Waals surface area contributed by atoms with Crippen LogP contribution in [0.5, 0.6) is 0 Å². The van der Waals surface area contributed by atoms with Gasteiger partial charge in [0, 0.05) is 37.0 Å². The first-order valence-electron chi connectivity index (χ1n) is 9.47. The maximum atomic E-state index is 12.8. The Kier molecular flexibility index (Phi) is 7.35. The molecule has 0 aromatic carbocycles. The first-order chi connectivity index (χ1) is 11.1. The van der Waals surface area contributed by atoms with E-state index in [4.69, 9.17) is 0 Å². The summed E-state index contributed by atoms with van der Waals surface area (Å²) < 4.78 is 0. The number of piperidine rings is 1. The molecule has 24 heavy (non-hydrogen) atoms. The van der Waals surface area contributed by atoms with Crippen LogP contribution in [-0.2, 0) is 9.59 Å². The van der Waals surface area contributed by atoms with Crippen molar-refractivity contribution < 1.29 is 9.59 Å². The molecule has 0 radical (unpaired) electrons. The highest BCUT2D eigenvalue weighted by molar-refractivity contribution is 5.88. The van der Waals surface area contributed by atoms with Crippen LogP contribution in [0.1, 0.15) is 58.3 Å². The number of likely N-dealkylation sites (tertiary alicyclic amines) is 1. The standard InChI is InChI=1S/C18H31N3O2.ClH/c1-13-12-14(8-9-19-13)20-17(22)15-6-2-3-7-16(15)18(23)21-10-4-5-11-21;/h13-16,19H,2-12H2,1H3,(H,20,22);1H. The Hall–Kier alpha value is -0.810. The van der Waals surface area contributed by atoms with Crippen molar-refractivity contribution in [3.63, 3.8) is 0 Å². The smallest absolute Gasteiger partial charge is 0.226 e. The van der Waals surface area contributed by atoms with Gasteiger partial charge in [-0.25, -0.2) is 0 Å². The third-order valence-corrected chi connectivity index (χ3v) is 5.81. The van der Waals surface area contributed by atoms with Gasteiger partial charge in [-0.2, -0.15) is 0 Å². The van der Waals surface area contributed by atoms with Crippen molar-refractivity contribution in [2.75, 3.05) is 19.6 Å². The van der Waals surface area contributed by atoms with E-state index in [9.17, 15) is 9.59 Å². The fourth-order valence-electron chi connectivity index (χ4n) is 4.48. The number of rotatable bonds is 3. The molecule has 0 spiro atoms. The van der Waals surface area contributed by atoms with Gasteiger partial charge in [-0.3, -0.25) is 9.59 Å². The second-order valence-corrected chi connectivity index (χ2v) is 7.61. The molecule has 5 nitrogen and oxygen atoms in total. The average molecular weight is 358 g/mol. The molecule has 2 aliphatic heterocycles. The first kappa shape index (κ1) is 19.5. The largest absolute Gasteiger partial charge is 0.353 e. The van der Waals surface area contributed by atoms with E-state index in [0.29, 0.717) is 6.04 Å². The Morgan fingerprint density at radius 1 is 1.00 bits per heavy atom. The van der Waals surface area contributed by atoms with Crippen LogP contribution < -0.4 is 10.6 Å². The van der Waals surface area contributed by atoms with E-state index < -0.39 is 0 Å². The number of hydrogen-bond donors (Lipinski definition) is 2. The summed E-state index contributed by atoms with van der Waals surface area (Å²) in [5.41, 5.74) is 0. The Morgan fingerprint density at radius 2 is 1.67 bits per heavy atom. The lowest BCUT2D eigenvalue weighted by molar-refractivity contribution is -0.143. The molecular formula is C18H32ClN3O2. The summed E-state index contributed by atoms with van der Waals surface area (Å²) in [5, 5.41) is 6.66. The van der Waals surface area contributed by atoms with Gasteiger partial charge < -0.3 is 15.5 Å². The number of carbonyl (C=O) groups excluding carboxylic acids is 2. The molecule has 0 bridgehead atoms. The van der Waals surface area contributed by atoms with Gasteiger partial charge in [-0.1, -0.05) is 12.8 Å². The van der Waals surface area contributed by atoms with Crippen molar-refractivity contribution >= 4 is 24.2 Å². The van der Waals surface area contributed by atoms with Crippen molar-refractivity contribution in [3.05, 3.63) is 0 Å². The van der Waals surface area contributed by atoms with Gasteiger partial charge in [0.2, 0.25) is 11.8 Å². The summed E-state index contributed by atoms with van der Waals surface area (Å²) in [5.74, 6) is 0.172. The van der Waals surface area contributed by atoms with Crippen molar-refractivity contribution in [1.82, 2.24) is 15.5 Å². The molecule has 4 unspecified atom stereocenters. The van der Waals surface area contributed by atoms with Crippen LogP contribution >= 0.6 is 12.4 Å². The van der Waals surface area contributed by atoms with Crippen LogP contribution in [0.3, 0.4) is 0 Å². The SMILES string of the molecule is CC1CC(NC(=O)C2CCCCC2C(=O)N2CCCC2)CCN1.Cl. The molecule has 3 aliphatic rings. The van der Waals surface area contributed by atoms with Crippen LogP contribution in [0.15, 0.2) is 0 Å². The highest BCUT2D eigenvalue weighted by Crippen LogP contribution is 2.33. The fraction of sp³-hybridized carbons (Fsp3) is 0.889. The Labute approximate surface area is 151 Å². The molecule has 0 aromatic rings. The molecule has 0 aromatic heterocycles. The summed E-state index contributed by atoms with van der Waals surface area (Å²) >= 11 is 0. The lowest BCUT2D eigenvalue weighted by Gasteiger charge is -2.35. The predicted octanol–water partition coefficient (Wildman–Crippen LogP) is 2.09. The molecule has 2 amide bonds. The molecule has 1 aliphatic carbocycles. The van der Waals surface area contributed by atoms with Gasteiger partial charge in [0.15, 0.2) is 0 Å². The third kappa shape index (κ3) is 4.63. The zero-order chi connectivity index (χ0) is 16.2.